The van der Waals surface area contributed by atoms with Crippen molar-refractivity contribution >= 4 is 12.0 Å². The smallest absolute Gasteiger partial charge is 0.124 e. The highest BCUT2D eigenvalue weighted by molar-refractivity contribution is 5.58. The van der Waals surface area contributed by atoms with Crippen molar-refractivity contribution in [2.24, 2.45) is 13.0 Å². The minimum atomic E-state index is 0.209. The van der Waals surface area contributed by atoms with Crippen molar-refractivity contribution in [2.75, 3.05) is 18.0 Å². The number of anilines is 1. The van der Waals surface area contributed by atoms with Crippen molar-refractivity contribution in [1.29, 1.82) is 0 Å². The van der Waals surface area contributed by atoms with E-state index in [9.17, 15) is 4.79 Å². The highest BCUT2D eigenvalue weighted by Crippen LogP contribution is 2.21. The average Bonchev–Trinajstić information content (AvgIpc) is 2.71. The number of nitrogens with zero attached hydrogens (tertiary/aromatic N) is 3. The molecule has 0 aliphatic carbocycles. The third-order valence-corrected chi connectivity index (χ3v) is 2.47. The van der Waals surface area contributed by atoms with E-state index >= 15 is 0 Å². The predicted octanol–water partition coefficient (Wildman–Crippen LogP) is 0.445. The number of aryl methyl sites for hydroxylation is 1. The van der Waals surface area contributed by atoms with Gasteiger partial charge in [-0.3, -0.25) is 4.68 Å². The number of hydrogen-bond donors (Lipinski definition) is 0. The number of rotatable bonds is 2. The molecule has 0 amide bonds. The molecule has 0 N–H and O–H groups in total. The molecule has 1 aliphatic heterocycles. The van der Waals surface area contributed by atoms with Crippen LogP contribution in [0.5, 0.6) is 0 Å². The third kappa shape index (κ3) is 1.56. The van der Waals surface area contributed by atoms with Crippen LogP contribution in [-0.4, -0.2) is 29.2 Å². The standard InChI is InChI=1S/C9H13N3O/c1-11-6-9(4-10-11)12-3-2-8(5-12)7-13/h4,6-8H,2-3,5H2,1H3/t8-/m0/s1. The fourth-order valence-corrected chi connectivity index (χ4v) is 1.70. The number of hydrogen-bond acceptors (Lipinski definition) is 3. The summed E-state index contributed by atoms with van der Waals surface area (Å²) in [4.78, 5) is 12.7. The highest BCUT2D eigenvalue weighted by atomic mass is 16.1. The topological polar surface area (TPSA) is 38.1 Å². The van der Waals surface area contributed by atoms with E-state index < -0.39 is 0 Å². The first-order chi connectivity index (χ1) is 6.29. The molecule has 4 nitrogen and oxygen atoms in total. The molecule has 2 rings (SSSR count). The summed E-state index contributed by atoms with van der Waals surface area (Å²) in [5, 5.41) is 4.10. The first-order valence-electron chi connectivity index (χ1n) is 4.48. The zero-order valence-corrected chi connectivity index (χ0v) is 7.68. The Balaban J connectivity index is 2.07. The van der Waals surface area contributed by atoms with Crippen LogP contribution in [-0.2, 0) is 11.8 Å². The van der Waals surface area contributed by atoms with E-state index in [0.29, 0.717) is 0 Å². The summed E-state index contributed by atoms with van der Waals surface area (Å²) in [6.45, 7) is 1.81. The van der Waals surface area contributed by atoms with E-state index in [0.717, 1.165) is 31.5 Å². The minimum absolute atomic E-state index is 0.209. The van der Waals surface area contributed by atoms with E-state index in [-0.39, 0.29) is 5.92 Å². The van der Waals surface area contributed by atoms with Gasteiger partial charge in [0.1, 0.15) is 6.29 Å². The molecule has 0 aromatic carbocycles. The SMILES string of the molecule is Cn1cc(N2CC[C@H](C=O)C2)cn1. The van der Waals surface area contributed by atoms with Gasteiger partial charge in [-0.25, -0.2) is 0 Å². The van der Waals surface area contributed by atoms with Gasteiger partial charge >= 0.3 is 0 Å². The lowest BCUT2D eigenvalue weighted by Crippen LogP contribution is -2.19. The maximum absolute atomic E-state index is 10.5. The van der Waals surface area contributed by atoms with E-state index in [1.807, 2.05) is 19.4 Å². The Kier molecular flexibility index (Phi) is 2.04. The molecule has 1 aromatic rings. The van der Waals surface area contributed by atoms with Crippen molar-refractivity contribution in [3.63, 3.8) is 0 Å². The molecule has 1 aromatic heterocycles. The lowest BCUT2D eigenvalue weighted by atomic mass is 10.1. The van der Waals surface area contributed by atoms with Crippen LogP contribution in [0.25, 0.3) is 0 Å². The summed E-state index contributed by atoms with van der Waals surface area (Å²) in [5.74, 6) is 0.209. The van der Waals surface area contributed by atoms with Gasteiger partial charge in [0.25, 0.3) is 0 Å². The fourth-order valence-electron chi connectivity index (χ4n) is 1.70. The monoisotopic (exact) mass is 179 g/mol. The van der Waals surface area contributed by atoms with Crippen LogP contribution in [0.15, 0.2) is 12.4 Å². The molecule has 1 atom stereocenters. The van der Waals surface area contributed by atoms with Crippen LogP contribution >= 0.6 is 0 Å². The van der Waals surface area contributed by atoms with Crippen molar-refractivity contribution in [1.82, 2.24) is 9.78 Å². The molecule has 1 saturated heterocycles. The molecule has 70 valence electrons. The van der Waals surface area contributed by atoms with Crippen LogP contribution in [0.1, 0.15) is 6.42 Å². The van der Waals surface area contributed by atoms with Crippen molar-refractivity contribution < 1.29 is 4.79 Å². The summed E-state index contributed by atoms with van der Waals surface area (Å²) >= 11 is 0. The second kappa shape index (κ2) is 3.20. The van der Waals surface area contributed by atoms with Gasteiger partial charge in [-0.05, 0) is 6.42 Å². The van der Waals surface area contributed by atoms with Crippen LogP contribution in [0.2, 0.25) is 0 Å². The molecule has 4 heteroatoms. The van der Waals surface area contributed by atoms with E-state index in [2.05, 4.69) is 10.00 Å². The number of carbonyl (C=O) groups excluding carboxylic acids is 1. The normalized spacial score (nSPS) is 22.2. The molecule has 0 spiro atoms. The number of aldehydes is 1. The van der Waals surface area contributed by atoms with Gasteiger partial charge in [0.15, 0.2) is 0 Å². The summed E-state index contributed by atoms with van der Waals surface area (Å²) < 4.78 is 1.78. The van der Waals surface area contributed by atoms with Gasteiger partial charge in [-0.15, -0.1) is 0 Å². The first-order valence-corrected chi connectivity index (χ1v) is 4.48. The Morgan fingerprint density at radius 2 is 2.54 bits per heavy atom. The third-order valence-electron chi connectivity index (χ3n) is 2.47. The van der Waals surface area contributed by atoms with E-state index in [1.54, 1.807) is 4.68 Å². The van der Waals surface area contributed by atoms with Gasteiger partial charge in [-0.2, -0.15) is 5.10 Å². The lowest BCUT2D eigenvalue weighted by Gasteiger charge is -2.14. The zero-order valence-electron chi connectivity index (χ0n) is 7.68. The Bertz CT molecular complexity index is 308. The molecule has 0 radical (unpaired) electrons. The lowest BCUT2D eigenvalue weighted by molar-refractivity contribution is -0.110. The van der Waals surface area contributed by atoms with Crippen molar-refractivity contribution in [3.05, 3.63) is 12.4 Å². The molecule has 0 bridgehead atoms. The van der Waals surface area contributed by atoms with E-state index in [4.69, 9.17) is 0 Å². The molecule has 0 saturated carbocycles. The molecule has 0 unspecified atom stereocenters. The maximum atomic E-state index is 10.5. The Morgan fingerprint density at radius 3 is 3.08 bits per heavy atom. The predicted molar refractivity (Wildman–Crippen MR) is 49.6 cm³/mol. The van der Waals surface area contributed by atoms with Gasteiger partial charge < -0.3 is 9.69 Å². The molecule has 1 aliphatic rings. The van der Waals surface area contributed by atoms with Crippen molar-refractivity contribution in [3.8, 4) is 0 Å². The van der Waals surface area contributed by atoms with Crippen molar-refractivity contribution in [2.45, 2.75) is 6.42 Å². The van der Waals surface area contributed by atoms with Gasteiger partial charge in [-0.1, -0.05) is 0 Å². The Morgan fingerprint density at radius 1 is 1.69 bits per heavy atom. The van der Waals surface area contributed by atoms with Crippen LogP contribution < -0.4 is 4.90 Å². The van der Waals surface area contributed by atoms with Gasteiger partial charge in [0.05, 0.1) is 11.9 Å². The molecule has 1 fully saturated rings. The summed E-state index contributed by atoms with van der Waals surface area (Å²) in [6, 6.07) is 0. The minimum Gasteiger partial charge on any atom is -0.368 e. The van der Waals surface area contributed by atoms with Gasteiger partial charge in [0, 0.05) is 32.3 Å². The van der Waals surface area contributed by atoms with Crippen LogP contribution in [0, 0.1) is 5.92 Å². The second-order valence-electron chi connectivity index (χ2n) is 3.50. The Hall–Kier alpha value is -1.32. The maximum Gasteiger partial charge on any atom is 0.124 e. The average molecular weight is 179 g/mol. The molecular weight excluding hydrogens is 166 g/mol. The summed E-state index contributed by atoms with van der Waals surface area (Å²) in [6.07, 6.45) is 5.84. The zero-order chi connectivity index (χ0) is 9.26. The first kappa shape index (κ1) is 8.29. The fraction of sp³-hybridized carbons (Fsp3) is 0.556. The van der Waals surface area contributed by atoms with Crippen LogP contribution in [0.3, 0.4) is 0 Å². The van der Waals surface area contributed by atoms with Gasteiger partial charge in [0.2, 0.25) is 0 Å². The Labute approximate surface area is 77.1 Å². The van der Waals surface area contributed by atoms with Crippen LogP contribution in [0.4, 0.5) is 5.69 Å². The molecule has 13 heavy (non-hydrogen) atoms. The number of carbonyl (C=O) groups is 1. The largest absolute Gasteiger partial charge is 0.368 e. The second-order valence-corrected chi connectivity index (χ2v) is 3.50. The summed E-state index contributed by atoms with van der Waals surface area (Å²) in [7, 11) is 1.90. The summed E-state index contributed by atoms with van der Waals surface area (Å²) in [5.41, 5.74) is 1.12. The quantitative estimate of drug-likeness (QED) is 0.618. The number of aromatic nitrogens is 2. The van der Waals surface area contributed by atoms with E-state index in [1.165, 1.54) is 0 Å². The molecule has 2 heterocycles. The molecular formula is C9H13N3O. The highest BCUT2D eigenvalue weighted by Gasteiger charge is 2.22.